The first-order valence-electron chi connectivity index (χ1n) is 5.14. The van der Waals surface area contributed by atoms with Crippen molar-refractivity contribution in [2.24, 2.45) is 0 Å². The molecule has 0 bridgehead atoms. The molecule has 0 aromatic rings. The predicted molar refractivity (Wildman–Crippen MR) is 59.5 cm³/mol. The molecule has 0 amide bonds. The van der Waals surface area contributed by atoms with Gasteiger partial charge in [0.15, 0.2) is 0 Å². The second-order valence-electron chi connectivity index (χ2n) is 3.64. The van der Waals surface area contributed by atoms with Gasteiger partial charge in [-0.2, -0.15) is 13.2 Å². The number of carbonyl (C=O) groups is 2. The number of allylic oxidation sites excluding steroid dienone is 7. The molecule has 1 aliphatic carbocycles. The first-order valence-corrected chi connectivity index (χ1v) is 5.14. The summed E-state index contributed by atoms with van der Waals surface area (Å²) in [5.74, 6) is -1.75. The maximum atomic E-state index is 12.4. The zero-order valence-electron chi connectivity index (χ0n) is 9.33. The molecule has 95 valence electrons. The van der Waals surface area contributed by atoms with Crippen LogP contribution >= 0.6 is 0 Å². The highest BCUT2D eigenvalue weighted by molar-refractivity contribution is 6.45. The summed E-state index contributed by atoms with van der Waals surface area (Å²) < 4.78 is 37.3. The van der Waals surface area contributed by atoms with E-state index in [9.17, 15) is 22.8 Å². The molecule has 0 spiro atoms. The predicted octanol–water partition coefficient (Wildman–Crippen LogP) is 2.88. The quantitative estimate of drug-likeness (QED) is 0.571. The van der Waals surface area contributed by atoms with Crippen molar-refractivity contribution < 1.29 is 22.8 Å². The first kappa shape index (κ1) is 14.2. The minimum Gasteiger partial charge on any atom is -0.286 e. The summed E-state index contributed by atoms with van der Waals surface area (Å²) in [5.41, 5.74) is -0.388. The third-order valence-electron chi connectivity index (χ3n) is 2.31. The van der Waals surface area contributed by atoms with Gasteiger partial charge in [-0.25, -0.2) is 0 Å². The molecular weight excluding hydrogens is 245 g/mol. The summed E-state index contributed by atoms with van der Waals surface area (Å²) in [7, 11) is 0. The lowest BCUT2D eigenvalue weighted by Gasteiger charge is -2.13. The van der Waals surface area contributed by atoms with Gasteiger partial charge in [0.25, 0.3) is 0 Å². The van der Waals surface area contributed by atoms with Crippen LogP contribution in [-0.2, 0) is 9.59 Å². The van der Waals surface area contributed by atoms with E-state index in [0.29, 0.717) is 18.1 Å². The molecular formula is C13H10F3O2. The number of halogens is 3. The first-order chi connectivity index (χ1) is 8.34. The van der Waals surface area contributed by atoms with E-state index in [4.69, 9.17) is 6.58 Å². The van der Waals surface area contributed by atoms with Crippen molar-refractivity contribution in [3.63, 3.8) is 0 Å². The Balaban J connectivity index is 2.80. The molecule has 0 atom stereocenters. The van der Waals surface area contributed by atoms with Crippen LogP contribution in [0.25, 0.3) is 0 Å². The standard InChI is InChI=1S/C13H10F3O2/c1-2-11(17)12(18)7-6-9-4-3-5-10(8-9)13(14,15)16/h1-2,5-8H,3-4H2/b2-1?,7-6-. The van der Waals surface area contributed by atoms with Gasteiger partial charge in [0.1, 0.15) is 0 Å². The summed E-state index contributed by atoms with van der Waals surface area (Å²) in [5, 5.41) is 0. The molecule has 1 rings (SSSR count). The van der Waals surface area contributed by atoms with Crippen molar-refractivity contribution in [2.75, 3.05) is 0 Å². The van der Waals surface area contributed by atoms with E-state index in [-0.39, 0.29) is 6.42 Å². The van der Waals surface area contributed by atoms with Crippen molar-refractivity contribution in [3.05, 3.63) is 48.1 Å². The molecule has 0 N–H and O–H groups in total. The zero-order chi connectivity index (χ0) is 13.8. The number of carbonyl (C=O) groups excluding carboxylic acids is 2. The van der Waals surface area contributed by atoms with Crippen molar-refractivity contribution in [1.82, 2.24) is 0 Å². The molecule has 0 aromatic carbocycles. The lowest BCUT2D eigenvalue weighted by Crippen LogP contribution is -2.12. The number of hydrogen-bond acceptors (Lipinski definition) is 2. The Kier molecular flexibility index (Phi) is 4.42. The summed E-state index contributed by atoms with van der Waals surface area (Å²) in [6.45, 7) is 4.86. The average Bonchev–Trinajstić information content (AvgIpc) is 2.34. The van der Waals surface area contributed by atoms with Gasteiger partial charge in [0.05, 0.1) is 5.57 Å². The maximum Gasteiger partial charge on any atom is 0.416 e. The number of rotatable bonds is 4. The van der Waals surface area contributed by atoms with Gasteiger partial charge in [0.2, 0.25) is 11.6 Å². The summed E-state index contributed by atoms with van der Waals surface area (Å²) in [4.78, 5) is 21.9. The third kappa shape index (κ3) is 3.84. The third-order valence-corrected chi connectivity index (χ3v) is 2.31. The van der Waals surface area contributed by atoms with Crippen LogP contribution in [0.2, 0.25) is 0 Å². The lowest BCUT2D eigenvalue weighted by molar-refractivity contribution is -0.130. The summed E-state index contributed by atoms with van der Waals surface area (Å²) >= 11 is 0. The van der Waals surface area contributed by atoms with Crippen LogP contribution in [0, 0.1) is 6.58 Å². The molecule has 0 aromatic heterocycles. The van der Waals surface area contributed by atoms with E-state index in [1.165, 1.54) is 6.08 Å². The molecule has 0 saturated carbocycles. The molecule has 0 unspecified atom stereocenters. The van der Waals surface area contributed by atoms with Crippen molar-refractivity contribution in [1.29, 1.82) is 0 Å². The zero-order valence-corrected chi connectivity index (χ0v) is 9.33. The van der Waals surface area contributed by atoms with Crippen molar-refractivity contribution >= 4 is 11.6 Å². The van der Waals surface area contributed by atoms with E-state index in [1.54, 1.807) is 0 Å². The van der Waals surface area contributed by atoms with Crippen LogP contribution in [0.5, 0.6) is 0 Å². The maximum absolute atomic E-state index is 12.4. The number of alkyl halides is 3. The highest BCUT2D eigenvalue weighted by atomic mass is 19.4. The van der Waals surface area contributed by atoms with Crippen LogP contribution in [0.4, 0.5) is 13.2 Å². The van der Waals surface area contributed by atoms with Crippen LogP contribution in [0.15, 0.2) is 41.5 Å². The van der Waals surface area contributed by atoms with E-state index < -0.39 is 23.3 Å². The van der Waals surface area contributed by atoms with E-state index in [2.05, 4.69) is 0 Å². The molecule has 5 heteroatoms. The van der Waals surface area contributed by atoms with Crippen LogP contribution < -0.4 is 0 Å². The monoisotopic (exact) mass is 255 g/mol. The SMILES string of the molecule is [CH]=CC(=O)C(=O)/C=C\C1=CC(C(F)(F)F)=CCC1. The van der Waals surface area contributed by atoms with Crippen LogP contribution in [-0.4, -0.2) is 17.7 Å². The fraction of sp³-hybridized carbons (Fsp3) is 0.231. The Morgan fingerprint density at radius 1 is 1.28 bits per heavy atom. The van der Waals surface area contributed by atoms with Gasteiger partial charge in [-0.3, -0.25) is 9.59 Å². The highest BCUT2D eigenvalue weighted by Crippen LogP contribution is 2.31. The Labute approximate surface area is 102 Å². The van der Waals surface area contributed by atoms with E-state index >= 15 is 0 Å². The fourth-order valence-electron chi connectivity index (χ4n) is 1.40. The molecule has 0 aliphatic heterocycles. The molecule has 0 saturated heterocycles. The smallest absolute Gasteiger partial charge is 0.286 e. The Bertz CT molecular complexity index is 465. The molecule has 18 heavy (non-hydrogen) atoms. The Morgan fingerprint density at radius 3 is 2.50 bits per heavy atom. The minimum atomic E-state index is -4.40. The van der Waals surface area contributed by atoms with Crippen molar-refractivity contribution in [3.8, 4) is 0 Å². The van der Waals surface area contributed by atoms with Crippen LogP contribution in [0.1, 0.15) is 12.8 Å². The van der Waals surface area contributed by atoms with Gasteiger partial charge in [-0.15, -0.1) is 0 Å². The molecule has 2 nitrogen and oxygen atoms in total. The van der Waals surface area contributed by atoms with E-state index in [0.717, 1.165) is 18.2 Å². The van der Waals surface area contributed by atoms with Crippen LogP contribution in [0.3, 0.4) is 0 Å². The highest BCUT2D eigenvalue weighted by Gasteiger charge is 2.32. The number of ketones is 2. The second-order valence-corrected chi connectivity index (χ2v) is 3.64. The molecule has 0 fully saturated rings. The lowest BCUT2D eigenvalue weighted by atomic mass is 9.98. The Hall–Kier alpha value is -1.91. The Morgan fingerprint density at radius 2 is 1.94 bits per heavy atom. The fourth-order valence-corrected chi connectivity index (χ4v) is 1.40. The number of hydrogen-bond donors (Lipinski definition) is 0. The largest absolute Gasteiger partial charge is 0.416 e. The van der Waals surface area contributed by atoms with Gasteiger partial charge in [0, 0.05) is 0 Å². The second kappa shape index (κ2) is 5.62. The molecule has 1 radical (unpaired) electrons. The van der Waals surface area contributed by atoms with Crippen molar-refractivity contribution in [2.45, 2.75) is 19.0 Å². The minimum absolute atomic E-state index is 0.246. The average molecular weight is 255 g/mol. The summed E-state index contributed by atoms with van der Waals surface area (Å²) in [6, 6.07) is 0. The van der Waals surface area contributed by atoms with Gasteiger partial charge in [-0.05, 0) is 36.6 Å². The normalized spacial score (nSPS) is 16.2. The molecule has 0 heterocycles. The summed E-state index contributed by atoms with van der Waals surface area (Å²) in [6.07, 6.45) is 1.05. The van der Waals surface area contributed by atoms with Gasteiger partial charge >= 0.3 is 6.18 Å². The topological polar surface area (TPSA) is 34.1 Å². The molecule has 1 aliphatic rings. The van der Waals surface area contributed by atoms with E-state index in [1.807, 2.05) is 0 Å². The van der Waals surface area contributed by atoms with Gasteiger partial charge in [-0.1, -0.05) is 18.7 Å². The van der Waals surface area contributed by atoms with Gasteiger partial charge < -0.3 is 0 Å².